The minimum atomic E-state index is -1.05. The summed E-state index contributed by atoms with van der Waals surface area (Å²) in [6.07, 6.45) is 5.28. The van der Waals surface area contributed by atoms with Gasteiger partial charge in [-0.25, -0.2) is 0 Å². The van der Waals surface area contributed by atoms with E-state index in [4.69, 9.17) is 4.74 Å². The van der Waals surface area contributed by atoms with E-state index >= 15 is 0 Å². The molecule has 1 aromatic carbocycles. The molecule has 2 fully saturated rings. The number of aliphatic hydroxyl groups is 1. The lowest BCUT2D eigenvalue weighted by atomic mass is 9.82. The molecule has 4 rings (SSSR count). The number of carbonyl (C=O) groups is 2. The summed E-state index contributed by atoms with van der Waals surface area (Å²) in [5, 5.41) is 9.35. The molecule has 150 valence electrons. The lowest BCUT2D eigenvalue weighted by molar-refractivity contribution is -0.146. The summed E-state index contributed by atoms with van der Waals surface area (Å²) in [6, 6.07) is 5.82. The van der Waals surface area contributed by atoms with Crippen LogP contribution in [0.25, 0.3) is 0 Å². The Morgan fingerprint density at radius 3 is 2.89 bits per heavy atom. The van der Waals surface area contributed by atoms with Crippen molar-refractivity contribution < 1.29 is 19.4 Å². The van der Waals surface area contributed by atoms with Gasteiger partial charge in [-0.1, -0.05) is 13.0 Å². The van der Waals surface area contributed by atoms with Gasteiger partial charge >= 0.3 is 0 Å². The molecule has 3 heterocycles. The summed E-state index contributed by atoms with van der Waals surface area (Å²) >= 11 is 0. The zero-order valence-corrected chi connectivity index (χ0v) is 16.4. The van der Waals surface area contributed by atoms with Crippen LogP contribution in [0.3, 0.4) is 0 Å². The zero-order valence-electron chi connectivity index (χ0n) is 16.4. The predicted octanol–water partition coefficient (Wildman–Crippen LogP) is 2.74. The van der Waals surface area contributed by atoms with E-state index in [-0.39, 0.29) is 30.4 Å². The average Bonchev–Trinajstić information content (AvgIpc) is 3.13. The number of benzene rings is 1. The topological polar surface area (TPSA) is 70.1 Å². The highest BCUT2D eigenvalue weighted by molar-refractivity contribution is 6.08. The number of hydrogen-bond acceptors (Lipinski definition) is 4. The van der Waals surface area contributed by atoms with E-state index in [1.807, 2.05) is 30.0 Å². The third kappa shape index (κ3) is 2.78. The van der Waals surface area contributed by atoms with Crippen LogP contribution in [0.5, 0.6) is 0 Å². The molecule has 6 nitrogen and oxygen atoms in total. The fourth-order valence-electron chi connectivity index (χ4n) is 4.94. The van der Waals surface area contributed by atoms with Gasteiger partial charge in [0.05, 0.1) is 11.8 Å². The van der Waals surface area contributed by atoms with Crippen molar-refractivity contribution in [2.45, 2.75) is 50.7 Å². The summed E-state index contributed by atoms with van der Waals surface area (Å²) in [6.45, 7) is 6.98. The van der Waals surface area contributed by atoms with Gasteiger partial charge in [-0.2, -0.15) is 0 Å². The van der Waals surface area contributed by atoms with Gasteiger partial charge in [0.2, 0.25) is 5.91 Å². The van der Waals surface area contributed by atoms with E-state index in [9.17, 15) is 14.7 Å². The second kappa shape index (κ2) is 7.33. The first-order chi connectivity index (χ1) is 13.5. The second-order valence-electron chi connectivity index (χ2n) is 8.03. The van der Waals surface area contributed by atoms with Gasteiger partial charge in [-0.15, -0.1) is 6.58 Å². The maximum absolute atomic E-state index is 13.5. The maximum Gasteiger partial charge on any atom is 0.264 e. The van der Waals surface area contributed by atoms with Gasteiger partial charge in [0.1, 0.15) is 0 Å². The van der Waals surface area contributed by atoms with Crippen molar-refractivity contribution in [2.24, 2.45) is 5.92 Å². The minimum Gasteiger partial charge on any atom is -0.396 e. The van der Waals surface area contributed by atoms with Crippen LogP contribution in [0.15, 0.2) is 30.9 Å². The quantitative estimate of drug-likeness (QED) is 0.793. The van der Waals surface area contributed by atoms with Crippen molar-refractivity contribution in [3.63, 3.8) is 0 Å². The molecule has 0 saturated carbocycles. The Balaban J connectivity index is 1.80. The highest BCUT2D eigenvalue weighted by Gasteiger charge is 2.60. The van der Waals surface area contributed by atoms with Crippen molar-refractivity contribution in [3.05, 3.63) is 36.4 Å². The van der Waals surface area contributed by atoms with E-state index in [1.54, 1.807) is 11.0 Å². The maximum atomic E-state index is 13.5. The fraction of sp³-hybridized carbons (Fsp3) is 0.545. The van der Waals surface area contributed by atoms with Gasteiger partial charge in [-0.05, 0) is 43.9 Å². The molecule has 3 aliphatic heterocycles. The Morgan fingerprint density at radius 2 is 2.18 bits per heavy atom. The molecule has 2 saturated heterocycles. The van der Waals surface area contributed by atoms with Crippen molar-refractivity contribution in [1.29, 1.82) is 0 Å². The van der Waals surface area contributed by atoms with Gasteiger partial charge in [-0.3, -0.25) is 9.59 Å². The van der Waals surface area contributed by atoms with Crippen LogP contribution in [-0.4, -0.2) is 42.7 Å². The van der Waals surface area contributed by atoms with Crippen molar-refractivity contribution in [1.82, 2.24) is 0 Å². The van der Waals surface area contributed by atoms with E-state index in [1.165, 1.54) is 0 Å². The van der Waals surface area contributed by atoms with E-state index in [2.05, 4.69) is 6.58 Å². The second-order valence-corrected chi connectivity index (χ2v) is 8.03. The Kier molecular flexibility index (Phi) is 5.02. The summed E-state index contributed by atoms with van der Waals surface area (Å²) in [5.74, 6) is 0.0425. The number of ether oxygens (including phenoxy) is 1. The predicted molar refractivity (Wildman–Crippen MR) is 107 cm³/mol. The Hall–Kier alpha value is -2.18. The molecule has 0 unspecified atom stereocenters. The Morgan fingerprint density at radius 1 is 1.36 bits per heavy atom. The number of carbonyl (C=O) groups excluding carboxylic acids is 2. The zero-order chi connectivity index (χ0) is 19.9. The first kappa shape index (κ1) is 19.2. The third-order valence-electron chi connectivity index (χ3n) is 6.29. The molecule has 1 spiro atoms. The van der Waals surface area contributed by atoms with Crippen molar-refractivity contribution in [2.75, 3.05) is 29.5 Å². The van der Waals surface area contributed by atoms with Crippen LogP contribution < -0.4 is 9.80 Å². The van der Waals surface area contributed by atoms with Crippen LogP contribution in [0.4, 0.5) is 11.4 Å². The minimum absolute atomic E-state index is 0.0163. The molecule has 1 aromatic rings. The highest BCUT2D eigenvalue weighted by atomic mass is 16.5. The molecule has 0 radical (unpaired) electrons. The number of amides is 2. The first-order valence-electron chi connectivity index (χ1n) is 10.2. The van der Waals surface area contributed by atoms with E-state index < -0.39 is 5.60 Å². The summed E-state index contributed by atoms with van der Waals surface area (Å²) in [7, 11) is 0. The van der Waals surface area contributed by atoms with Crippen LogP contribution in [0.2, 0.25) is 0 Å². The van der Waals surface area contributed by atoms with E-state index in [0.29, 0.717) is 25.9 Å². The number of rotatable bonds is 5. The van der Waals surface area contributed by atoms with Gasteiger partial charge in [0, 0.05) is 43.3 Å². The first-order valence-corrected chi connectivity index (χ1v) is 10.2. The average molecular weight is 384 g/mol. The fourth-order valence-corrected chi connectivity index (χ4v) is 4.94. The lowest BCUT2D eigenvalue weighted by Crippen LogP contribution is -2.44. The molecule has 3 atom stereocenters. The number of fused-ring (bicyclic) bond motifs is 2. The molecular weight excluding hydrogens is 356 g/mol. The largest absolute Gasteiger partial charge is 0.396 e. The lowest BCUT2D eigenvalue weighted by Gasteiger charge is -2.30. The molecule has 0 aromatic heterocycles. The van der Waals surface area contributed by atoms with Gasteiger partial charge in [0.15, 0.2) is 5.60 Å². The van der Waals surface area contributed by atoms with Crippen LogP contribution in [0, 0.1) is 5.92 Å². The van der Waals surface area contributed by atoms with Crippen LogP contribution >= 0.6 is 0 Å². The normalized spacial score (nSPS) is 29.6. The molecule has 28 heavy (non-hydrogen) atoms. The molecule has 6 heteroatoms. The smallest absolute Gasteiger partial charge is 0.264 e. The Labute approximate surface area is 165 Å². The number of aliphatic hydroxyl groups excluding tert-OH is 1. The molecule has 0 aliphatic carbocycles. The van der Waals surface area contributed by atoms with Crippen LogP contribution in [0.1, 0.15) is 44.6 Å². The van der Waals surface area contributed by atoms with Crippen molar-refractivity contribution in [3.8, 4) is 0 Å². The molecular formula is C22H28N2O4. The highest BCUT2D eigenvalue weighted by Crippen LogP contribution is 2.54. The molecule has 3 aliphatic rings. The molecule has 0 bridgehead atoms. The van der Waals surface area contributed by atoms with Gasteiger partial charge in [0.25, 0.3) is 5.91 Å². The van der Waals surface area contributed by atoms with E-state index in [0.717, 1.165) is 36.2 Å². The molecule has 2 amide bonds. The number of hydrogen-bond donors (Lipinski definition) is 1. The monoisotopic (exact) mass is 384 g/mol. The number of anilines is 2. The standard InChI is InChI=1S/C22H28N2O4/c1-3-10-24-19-8-7-16(23-11-5-4-6-20(23)26)14-18(19)22(21(24)27)15(2)13-17(28-22)9-12-25/h3,7-8,14-15,17,25H,1,4-6,9-13H2,2H3/t15-,17+,22+/m1/s1. The summed E-state index contributed by atoms with van der Waals surface area (Å²) in [5.41, 5.74) is 1.45. The third-order valence-corrected chi connectivity index (χ3v) is 6.29. The Bertz CT molecular complexity index is 808. The van der Waals surface area contributed by atoms with Crippen molar-refractivity contribution >= 4 is 23.2 Å². The van der Waals surface area contributed by atoms with Gasteiger partial charge < -0.3 is 19.6 Å². The summed E-state index contributed by atoms with van der Waals surface area (Å²) in [4.78, 5) is 29.5. The molecule has 1 N–H and O–H groups in total. The van der Waals surface area contributed by atoms with Crippen LogP contribution in [-0.2, 0) is 19.9 Å². The number of piperidine rings is 1. The number of nitrogens with zero attached hydrogens (tertiary/aromatic N) is 2. The SMILES string of the molecule is C=CCN1C(=O)[C@@]2(O[C@@H](CCO)C[C@H]2C)c2cc(N3CCCCC3=O)ccc21. The summed E-state index contributed by atoms with van der Waals surface area (Å²) < 4.78 is 6.36.